The highest BCUT2D eigenvalue weighted by Crippen LogP contribution is 2.66. The molecule has 0 amide bonds. The summed E-state index contributed by atoms with van der Waals surface area (Å²) < 4.78 is 0. The third-order valence-corrected chi connectivity index (χ3v) is 12.3. The molecule has 0 radical (unpaired) electrons. The Hall–Kier alpha value is -2.09. The SMILES string of the molecule is S=P(CCc1ccc(Cl)cc1)(CCc1ccc(Cl)cc1)C1c2ccccc2Nc2ccccc21. The van der Waals surface area contributed by atoms with Gasteiger partial charge in [-0.3, -0.25) is 0 Å². The van der Waals surface area contributed by atoms with E-state index < -0.39 is 6.04 Å². The number of aryl methyl sites for hydroxylation is 2. The number of fused-ring (bicyclic) bond motifs is 2. The van der Waals surface area contributed by atoms with Gasteiger partial charge < -0.3 is 5.32 Å². The molecule has 5 rings (SSSR count). The summed E-state index contributed by atoms with van der Waals surface area (Å²) in [6.45, 7) is 0. The van der Waals surface area contributed by atoms with E-state index in [9.17, 15) is 0 Å². The highest BCUT2D eigenvalue weighted by Gasteiger charge is 2.36. The predicted octanol–water partition coefficient (Wildman–Crippen LogP) is 9.10. The molecule has 0 atom stereocenters. The normalized spacial score (nSPS) is 13.1. The summed E-state index contributed by atoms with van der Waals surface area (Å²) in [5.74, 6) is 0. The number of halogens is 2. The van der Waals surface area contributed by atoms with Crippen molar-refractivity contribution >= 4 is 52.4 Å². The van der Waals surface area contributed by atoms with Crippen LogP contribution in [0.15, 0.2) is 97.1 Å². The maximum Gasteiger partial charge on any atom is 0.0427 e. The monoisotopic (exact) mass is 521 g/mol. The number of nitrogens with one attached hydrogen (secondary N) is 1. The van der Waals surface area contributed by atoms with Gasteiger partial charge in [-0.2, -0.15) is 0 Å². The van der Waals surface area contributed by atoms with Crippen LogP contribution in [0, 0.1) is 0 Å². The highest BCUT2D eigenvalue weighted by molar-refractivity contribution is 8.14. The summed E-state index contributed by atoms with van der Waals surface area (Å²) in [7, 11) is 0. The zero-order valence-electron chi connectivity index (χ0n) is 18.8. The van der Waals surface area contributed by atoms with Gasteiger partial charge >= 0.3 is 0 Å². The zero-order chi connectivity index (χ0) is 23.5. The Bertz CT molecular complexity index is 1240. The summed E-state index contributed by atoms with van der Waals surface area (Å²) in [6.07, 6.45) is 3.93. The molecule has 172 valence electrons. The minimum atomic E-state index is -1.89. The molecule has 0 saturated carbocycles. The summed E-state index contributed by atoms with van der Waals surface area (Å²) in [5, 5.41) is 5.19. The maximum atomic E-state index is 6.76. The van der Waals surface area contributed by atoms with Gasteiger partial charge in [0.25, 0.3) is 0 Å². The topological polar surface area (TPSA) is 12.0 Å². The largest absolute Gasteiger partial charge is 0.355 e. The molecule has 1 nitrogen and oxygen atoms in total. The molecule has 1 heterocycles. The summed E-state index contributed by atoms with van der Waals surface area (Å²) in [5.41, 5.74) is 7.84. The fourth-order valence-corrected chi connectivity index (χ4v) is 9.79. The van der Waals surface area contributed by atoms with Crippen LogP contribution in [0.5, 0.6) is 0 Å². The number of rotatable bonds is 7. The lowest BCUT2D eigenvalue weighted by Crippen LogP contribution is -2.17. The van der Waals surface area contributed by atoms with E-state index in [1.165, 1.54) is 33.6 Å². The third kappa shape index (κ3) is 5.11. The Morgan fingerprint density at radius 1 is 0.618 bits per heavy atom. The smallest absolute Gasteiger partial charge is 0.0427 e. The first-order chi connectivity index (χ1) is 16.5. The van der Waals surface area contributed by atoms with E-state index in [0.29, 0.717) is 0 Å². The molecular weight excluding hydrogens is 496 g/mol. The van der Waals surface area contributed by atoms with Crippen molar-refractivity contribution in [2.24, 2.45) is 0 Å². The van der Waals surface area contributed by atoms with Gasteiger partial charge in [-0.1, -0.05) is 95.7 Å². The highest BCUT2D eigenvalue weighted by atomic mass is 35.5. The van der Waals surface area contributed by atoms with Crippen molar-refractivity contribution in [3.8, 4) is 0 Å². The Balaban J connectivity index is 1.54. The fourth-order valence-electron chi connectivity index (χ4n) is 4.83. The summed E-state index contributed by atoms with van der Waals surface area (Å²) >= 11 is 19.0. The van der Waals surface area contributed by atoms with Crippen LogP contribution in [0.1, 0.15) is 27.9 Å². The first kappa shape index (κ1) is 23.6. The lowest BCUT2D eigenvalue weighted by Gasteiger charge is -2.38. The lowest BCUT2D eigenvalue weighted by atomic mass is 9.97. The standard InChI is InChI=1S/C29H26Cl2NPS/c30-23-13-9-21(10-14-23)17-19-33(34,20-18-22-11-15-24(31)16-12-22)29-25-5-1-3-7-27(25)32-28-8-4-2-6-26(28)29/h1-16,29,32H,17-20H2. The molecule has 0 fully saturated rings. The molecule has 0 bridgehead atoms. The Labute approximate surface area is 217 Å². The molecule has 5 heteroatoms. The fraction of sp³-hybridized carbons (Fsp3) is 0.172. The van der Waals surface area contributed by atoms with Crippen molar-refractivity contribution in [1.82, 2.24) is 0 Å². The first-order valence-corrected chi connectivity index (χ1v) is 15.5. The van der Waals surface area contributed by atoms with E-state index in [1.54, 1.807) is 0 Å². The van der Waals surface area contributed by atoms with Crippen LogP contribution in [0.2, 0.25) is 10.0 Å². The molecular formula is C29H26Cl2NPS. The number of para-hydroxylation sites is 2. The summed E-state index contributed by atoms with van der Waals surface area (Å²) in [4.78, 5) is 0. The van der Waals surface area contributed by atoms with Gasteiger partial charge in [0.05, 0.1) is 0 Å². The minimum absolute atomic E-state index is 0.232. The van der Waals surface area contributed by atoms with Crippen LogP contribution in [0.4, 0.5) is 11.4 Å². The van der Waals surface area contributed by atoms with Crippen LogP contribution in [0.3, 0.4) is 0 Å². The molecule has 1 aliphatic heterocycles. The average Bonchev–Trinajstić information content (AvgIpc) is 2.86. The predicted molar refractivity (Wildman–Crippen MR) is 152 cm³/mol. The molecule has 1 aliphatic rings. The van der Waals surface area contributed by atoms with Crippen LogP contribution < -0.4 is 5.32 Å². The van der Waals surface area contributed by atoms with Gasteiger partial charge in [0, 0.05) is 27.1 Å². The second-order valence-electron chi connectivity index (χ2n) is 8.85. The van der Waals surface area contributed by atoms with Crippen LogP contribution in [-0.4, -0.2) is 12.3 Å². The van der Waals surface area contributed by atoms with Crippen molar-refractivity contribution in [2.45, 2.75) is 18.5 Å². The van der Waals surface area contributed by atoms with Crippen molar-refractivity contribution < 1.29 is 0 Å². The van der Waals surface area contributed by atoms with Crippen LogP contribution in [0.25, 0.3) is 0 Å². The number of anilines is 2. The van der Waals surface area contributed by atoms with Crippen molar-refractivity contribution in [2.75, 3.05) is 17.6 Å². The third-order valence-electron chi connectivity index (χ3n) is 6.64. The Morgan fingerprint density at radius 2 is 1.03 bits per heavy atom. The van der Waals surface area contributed by atoms with Crippen molar-refractivity contribution in [3.63, 3.8) is 0 Å². The van der Waals surface area contributed by atoms with Gasteiger partial charge in [0.15, 0.2) is 0 Å². The van der Waals surface area contributed by atoms with E-state index in [4.69, 9.17) is 35.0 Å². The van der Waals surface area contributed by atoms with E-state index in [-0.39, 0.29) is 5.66 Å². The van der Waals surface area contributed by atoms with Gasteiger partial charge in [-0.15, -0.1) is 0 Å². The van der Waals surface area contributed by atoms with Gasteiger partial charge in [-0.05, 0) is 89.9 Å². The van der Waals surface area contributed by atoms with Crippen molar-refractivity contribution in [3.05, 3.63) is 129 Å². The molecule has 0 spiro atoms. The molecule has 0 saturated heterocycles. The zero-order valence-corrected chi connectivity index (χ0v) is 22.0. The van der Waals surface area contributed by atoms with E-state index in [0.717, 1.165) is 35.2 Å². The van der Waals surface area contributed by atoms with Gasteiger partial charge in [-0.25, -0.2) is 0 Å². The summed E-state index contributed by atoms with van der Waals surface area (Å²) in [6, 6.07) is 31.9. The first-order valence-electron chi connectivity index (χ1n) is 11.5. The van der Waals surface area contributed by atoms with E-state index in [1.807, 2.05) is 24.3 Å². The second-order valence-corrected chi connectivity index (χ2v) is 15.2. The average molecular weight is 522 g/mol. The molecule has 0 aliphatic carbocycles. The number of benzene rings is 4. The molecule has 4 aromatic rings. The molecule has 1 N–H and O–H groups in total. The molecule has 0 aromatic heterocycles. The minimum Gasteiger partial charge on any atom is -0.355 e. The lowest BCUT2D eigenvalue weighted by molar-refractivity contribution is 1.03. The molecule has 4 aromatic carbocycles. The maximum absolute atomic E-state index is 6.76. The quantitative estimate of drug-likeness (QED) is 0.243. The Kier molecular flexibility index (Phi) is 7.14. The Morgan fingerprint density at radius 3 is 1.47 bits per heavy atom. The van der Waals surface area contributed by atoms with Gasteiger partial charge in [0.2, 0.25) is 0 Å². The number of hydrogen-bond acceptors (Lipinski definition) is 2. The van der Waals surface area contributed by atoms with E-state index in [2.05, 4.69) is 78.1 Å². The van der Waals surface area contributed by atoms with Crippen LogP contribution in [-0.2, 0) is 24.6 Å². The molecule has 0 unspecified atom stereocenters. The van der Waals surface area contributed by atoms with Crippen LogP contribution >= 0.6 is 29.2 Å². The number of hydrogen-bond donors (Lipinski definition) is 1. The molecule has 34 heavy (non-hydrogen) atoms. The van der Waals surface area contributed by atoms with E-state index >= 15 is 0 Å². The van der Waals surface area contributed by atoms with Crippen molar-refractivity contribution in [1.29, 1.82) is 0 Å². The second kappa shape index (κ2) is 10.3. The van der Waals surface area contributed by atoms with Gasteiger partial charge in [0.1, 0.15) is 0 Å².